The van der Waals surface area contributed by atoms with E-state index in [2.05, 4.69) is 10.00 Å². The molecule has 3 aromatic rings. The van der Waals surface area contributed by atoms with Crippen LogP contribution < -0.4 is 0 Å². The predicted octanol–water partition coefficient (Wildman–Crippen LogP) is 6.25. The van der Waals surface area contributed by atoms with E-state index in [0.717, 1.165) is 30.9 Å². The molecule has 0 aliphatic carbocycles. The summed E-state index contributed by atoms with van der Waals surface area (Å²) in [5, 5.41) is 4.37. The predicted molar refractivity (Wildman–Crippen MR) is 134 cm³/mol. The van der Waals surface area contributed by atoms with Crippen molar-refractivity contribution >= 4 is 39.9 Å². The van der Waals surface area contributed by atoms with E-state index in [9.17, 15) is 35.9 Å². The second-order valence-electron chi connectivity index (χ2n) is 9.57. The average Bonchev–Trinajstić information content (AvgIpc) is 3.38. The Balaban J connectivity index is 1.39. The summed E-state index contributed by atoms with van der Waals surface area (Å²) in [5.41, 5.74) is -2.06. The van der Waals surface area contributed by atoms with E-state index in [-0.39, 0.29) is 33.7 Å². The van der Waals surface area contributed by atoms with Crippen LogP contribution in [0.2, 0.25) is 0 Å². The first-order chi connectivity index (χ1) is 18.3. The number of likely N-dealkylation sites (tertiary alicyclic amines) is 1. The Morgan fingerprint density at radius 1 is 1.00 bits per heavy atom. The van der Waals surface area contributed by atoms with E-state index < -0.39 is 30.0 Å². The Hall–Kier alpha value is -3.32. The third-order valence-corrected chi connectivity index (χ3v) is 7.79. The van der Waals surface area contributed by atoms with E-state index in [1.54, 1.807) is 24.3 Å². The minimum atomic E-state index is -4.98. The molecule has 0 unspecified atom stereocenters. The summed E-state index contributed by atoms with van der Waals surface area (Å²) >= 11 is 0.868. The van der Waals surface area contributed by atoms with Crippen molar-refractivity contribution < 1.29 is 35.9 Å². The van der Waals surface area contributed by atoms with Gasteiger partial charge in [0.2, 0.25) is 0 Å². The molecule has 2 amide bonds. The molecule has 0 atom stereocenters. The molecule has 39 heavy (non-hydrogen) atoms. The molecule has 13 heteroatoms. The molecule has 0 saturated carbocycles. The molecule has 0 bridgehead atoms. The third kappa shape index (κ3) is 5.55. The van der Waals surface area contributed by atoms with Gasteiger partial charge in [-0.25, -0.2) is 0 Å². The number of hydrogen-bond donors (Lipinski definition) is 0. The molecule has 6 nitrogen and oxygen atoms in total. The van der Waals surface area contributed by atoms with Crippen molar-refractivity contribution in [2.24, 2.45) is 0 Å². The minimum absolute atomic E-state index is 0.109. The van der Waals surface area contributed by atoms with Crippen molar-refractivity contribution in [3.8, 4) is 0 Å². The number of aromatic nitrogens is 2. The topological polar surface area (TPSA) is 58.4 Å². The summed E-state index contributed by atoms with van der Waals surface area (Å²) < 4.78 is 81.0. The van der Waals surface area contributed by atoms with Crippen molar-refractivity contribution in [1.82, 2.24) is 19.6 Å². The highest BCUT2D eigenvalue weighted by molar-refractivity contribution is 8.18. The van der Waals surface area contributed by atoms with Gasteiger partial charge >= 0.3 is 12.4 Å². The third-order valence-electron chi connectivity index (χ3n) is 6.90. The summed E-state index contributed by atoms with van der Waals surface area (Å²) in [5.74, 6) is -0.350. The van der Waals surface area contributed by atoms with Gasteiger partial charge in [0.25, 0.3) is 11.1 Å². The maximum atomic E-state index is 13.6. The van der Waals surface area contributed by atoms with Crippen LogP contribution in [-0.4, -0.2) is 56.9 Å². The quantitative estimate of drug-likeness (QED) is 0.275. The van der Waals surface area contributed by atoms with E-state index >= 15 is 0 Å². The molecule has 0 spiro atoms. The number of halogens is 6. The number of thioether (sulfide) groups is 1. The van der Waals surface area contributed by atoms with E-state index in [4.69, 9.17) is 0 Å². The molecule has 0 radical (unpaired) electrons. The fraction of sp³-hybridized carbons (Fsp3) is 0.346. The number of amides is 2. The molecule has 2 aromatic carbocycles. The summed E-state index contributed by atoms with van der Waals surface area (Å²) in [6, 6.07) is 6.32. The SMILES string of the molecule is CN1CCC(N2C(=O)S/C(=C\c3ccc4c(cnn4Cc4ccc(C(F)(F)F)cc4C(F)(F)F)c3)C2=O)CC1. The van der Waals surface area contributed by atoms with Crippen molar-refractivity contribution in [3.63, 3.8) is 0 Å². The monoisotopic (exact) mass is 568 g/mol. The number of nitrogens with zero attached hydrogens (tertiary/aromatic N) is 4. The lowest BCUT2D eigenvalue weighted by molar-refractivity contribution is -0.143. The molecule has 0 N–H and O–H groups in total. The largest absolute Gasteiger partial charge is 0.416 e. The van der Waals surface area contributed by atoms with E-state index in [1.165, 1.54) is 15.8 Å². The van der Waals surface area contributed by atoms with Gasteiger partial charge in [0.1, 0.15) is 0 Å². The van der Waals surface area contributed by atoms with Crippen molar-refractivity contribution in [1.29, 1.82) is 0 Å². The summed E-state index contributed by atoms with van der Waals surface area (Å²) in [7, 11) is 1.99. The standard InChI is InChI=1S/C26H22F6N4O2S/c1-34-8-6-19(7-9-34)36-23(37)22(39-24(36)38)11-15-2-5-21-17(10-15)13-33-35(21)14-16-3-4-18(25(27,28)29)12-20(16)26(30,31)32/h2-5,10-13,19H,6-9,14H2,1H3/b22-11-. The van der Waals surface area contributed by atoms with Crippen LogP contribution in [0.1, 0.15) is 35.1 Å². The first-order valence-electron chi connectivity index (χ1n) is 12.0. The van der Waals surface area contributed by atoms with Gasteiger partial charge in [-0.3, -0.25) is 19.2 Å². The fourth-order valence-corrected chi connectivity index (χ4v) is 5.74. The second-order valence-corrected chi connectivity index (χ2v) is 10.6. The zero-order chi connectivity index (χ0) is 28.1. The van der Waals surface area contributed by atoms with E-state index in [1.807, 2.05) is 7.05 Å². The first kappa shape index (κ1) is 27.3. The number of imide groups is 1. The Kier molecular flexibility index (Phi) is 7.00. The van der Waals surface area contributed by atoms with Crippen molar-refractivity contribution in [2.45, 2.75) is 37.8 Å². The van der Waals surface area contributed by atoms with Crippen molar-refractivity contribution in [3.05, 3.63) is 69.8 Å². The minimum Gasteiger partial charge on any atom is -0.306 e. The zero-order valence-electron chi connectivity index (χ0n) is 20.5. The lowest BCUT2D eigenvalue weighted by atomic mass is 10.0. The average molecular weight is 569 g/mol. The van der Waals surface area contributed by atoms with Gasteiger partial charge in [-0.05, 0) is 86.2 Å². The van der Waals surface area contributed by atoms with Crippen LogP contribution >= 0.6 is 11.8 Å². The van der Waals surface area contributed by atoms with Gasteiger partial charge in [-0.2, -0.15) is 31.4 Å². The Bertz CT molecular complexity index is 1470. The zero-order valence-corrected chi connectivity index (χ0v) is 21.3. The Labute approximate surface area is 223 Å². The molecule has 2 fully saturated rings. The molecular formula is C26H22F6N4O2S. The van der Waals surface area contributed by atoms with Crippen LogP contribution in [0.25, 0.3) is 17.0 Å². The van der Waals surface area contributed by atoms with Gasteiger partial charge < -0.3 is 4.90 Å². The van der Waals surface area contributed by atoms with Crippen LogP contribution in [0, 0.1) is 0 Å². The van der Waals surface area contributed by atoms with E-state index in [0.29, 0.717) is 35.4 Å². The maximum absolute atomic E-state index is 13.6. The number of fused-ring (bicyclic) bond motifs is 1. The number of piperidine rings is 1. The van der Waals surface area contributed by atoms with Gasteiger partial charge in [-0.15, -0.1) is 0 Å². The summed E-state index contributed by atoms with van der Waals surface area (Å²) in [4.78, 5) is 29.3. The van der Waals surface area contributed by atoms with Gasteiger partial charge in [0.05, 0.1) is 34.3 Å². The molecule has 2 aliphatic heterocycles. The molecule has 2 saturated heterocycles. The summed E-state index contributed by atoms with van der Waals surface area (Å²) in [6.07, 6.45) is -5.45. The number of hydrogen-bond acceptors (Lipinski definition) is 5. The number of rotatable bonds is 4. The Morgan fingerprint density at radius 2 is 1.72 bits per heavy atom. The highest BCUT2D eigenvalue weighted by Crippen LogP contribution is 2.38. The smallest absolute Gasteiger partial charge is 0.306 e. The van der Waals surface area contributed by atoms with Crippen LogP contribution in [0.3, 0.4) is 0 Å². The normalized spacial score (nSPS) is 19.2. The van der Waals surface area contributed by atoms with Crippen LogP contribution in [-0.2, 0) is 23.7 Å². The van der Waals surface area contributed by atoms with Gasteiger partial charge in [0, 0.05) is 11.4 Å². The fourth-order valence-electron chi connectivity index (χ4n) is 4.84. The lowest BCUT2D eigenvalue weighted by Gasteiger charge is -2.33. The molecule has 5 rings (SSSR count). The van der Waals surface area contributed by atoms with Gasteiger partial charge in [-0.1, -0.05) is 12.1 Å². The molecule has 2 aliphatic rings. The number of benzene rings is 2. The number of carbonyl (C=O) groups is 2. The van der Waals surface area contributed by atoms with Crippen LogP contribution in [0.15, 0.2) is 47.5 Å². The molecule has 206 valence electrons. The van der Waals surface area contributed by atoms with Gasteiger partial charge in [0.15, 0.2) is 0 Å². The Morgan fingerprint density at radius 3 is 2.38 bits per heavy atom. The summed E-state index contributed by atoms with van der Waals surface area (Å²) in [6.45, 7) is 1.19. The van der Waals surface area contributed by atoms with Crippen LogP contribution in [0.4, 0.5) is 31.1 Å². The first-order valence-corrected chi connectivity index (χ1v) is 12.8. The maximum Gasteiger partial charge on any atom is 0.416 e. The molecule has 3 heterocycles. The second kappa shape index (κ2) is 10.0. The number of alkyl halides is 6. The lowest BCUT2D eigenvalue weighted by Crippen LogP contribution is -2.45. The molecule has 1 aromatic heterocycles. The number of carbonyl (C=O) groups excluding carboxylic acids is 2. The molecular weight excluding hydrogens is 546 g/mol. The highest BCUT2D eigenvalue weighted by atomic mass is 32.2. The van der Waals surface area contributed by atoms with Crippen molar-refractivity contribution in [2.75, 3.05) is 20.1 Å². The highest BCUT2D eigenvalue weighted by Gasteiger charge is 2.41. The van der Waals surface area contributed by atoms with Crippen LogP contribution in [0.5, 0.6) is 0 Å².